The average molecular weight is 360 g/mol. The number of hydrogen-bond donors (Lipinski definition) is 1. The van der Waals surface area contributed by atoms with Crippen molar-refractivity contribution in [2.45, 2.75) is 25.3 Å². The Kier molecular flexibility index (Phi) is 5.19. The van der Waals surface area contributed by atoms with Gasteiger partial charge in [-0.15, -0.1) is 0 Å². The Morgan fingerprint density at radius 2 is 1.78 bits per heavy atom. The van der Waals surface area contributed by atoms with Gasteiger partial charge in [0, 0.05) is 32.0 Å². The van der Waals surface area contributed by atoms with Crippen molar-refractivity contribution in [1.82, 2.24) is 19.8 Å². The summed E-state index contributed by atoms with van der Waals surface area (Å²) in [4.78, 5) is 18.6. The Labute approximate surface area is 159 Å². The largest absolute Gasteiger partial charge is 0.334 e. The van der Waals surface area contributed by atoms with Gasteiger partial charge >= 0.3 is 6.03 Å². The molecule has 138 valence electrons. The Hall–Kier alpha value is -3.08. The van der Waals surface area contributed by atoms with Gasteiger partial charge in [0.2, 0.25) is 0 Å². The molecule has 0 spiro atoms. The van der Waals surface area contributed by atoms with Crippen molar-refractivity contribution >= 4 is 6.03 Å². The molecular weight excluding hydrogens is 336 g/mol. The fraction of sp³-hybridized carbons (Fsp3) is 0.273. The van der Waals surface area contributed by atoms with E-state index in [4.69, 9.17) is 0 Å². The van der Waals surface area contributed by atoms with E-state index in [9.17, 15) is 4.79 Å². The fourth-order valence-corrected chi connectivity index (χ4v) is 3.74. The van der Waals surface area contributed by atoms with Crippen LogP contribution in [0.15, 0.2) is 73.3 Å². The van der Waals surface area contributed by atoms with Gasteiger partial charge in [0.25, 0.3) is 0 Å². The van der Waals surface area contributed by atoms with Gasteiger partial charge < -0.3 is 14.8 Å². The Morgan fingerprint density at radius 1 is 1.04 bits per heavy atom. The van der Waals surface area contributed by atoms with Gasteiger partial charge in [0.1, 0.15) is 0 Å². The molecule has 2 aromatic carbocycles. The predicted octanol–water partition coefficient (Wildman–Crippen LogP) is 3.96. The smallest absolute Gasteiger partial charge is 0.317 e. The highest BCUT2D eigenvalue weighted by Crippen LogP contribution is 2.27. The summed E-state index contributed by atoms with van der Waals surface area (Å²) < 4.78 is 1.97. The molecule has 1 N–H and O–H groups in total. The number of para-hydroxylation sites is 1. The predicted molar refractivity (Wildman–Crippen MR) is 106 cm³/mol. The lowest BCUT2D eigenvalue weighted by atomic mass is 9.90. The SMILES string of the molecule is O=C(NCc1ccccc1-n1ccnc1)N1CCC(c2ccccc2)CC1. The molecule has 0 aliphatic carbocycles. The first-order chi connectivity index (χ1) is 13.3. The zero-order chi connectivity index (χ0) is 18.5. The van der Waals surface area contributed by atoms with Crippen LogP contribution in [0.4, 0.5) is 4.79 Å². The first kappa shape index (κ1) is 17.3. The molecular formula is C22H24N4O. The number of aromatic nitrogens is 2. The molecule has 5 heteroatoms. The number of urea groups is 1. The van der Waals surface area contributed by atoms with Crippen molar-refractivity contribution in [3.05, 3.63) is 84.4 Å². The number of hydrogen-bond acceptors (Lipinski definition) is 2. The zero-order valence-corrected chi connectivity index (χ0v) is 15.3. The summed E-state index contributed by atoms with van der Waals surface area (Å²) in [6.07, 6.45) is 7.47. The van der Waals surface area contributed by atoms with E-state index in [0.717, 1.165) is 37.2 Å². The van der Waals surface area contributed by atoms with Gasteiger partial charge in [-0.05, 0) is 36.0 Å². The highest BCUT2D eigenvalue weighted by Gasteiger charge is 2.23. The Morgan fingerprint density at radius 3 is 2.52 bits per heavy atom. The lowest BCUT2D eigenvalue weighted by Gasteiger charge is -2.32. The summed E-state index contributed by atoms with van der Waals surface area (Å²) in [6.45, 7) is 2.11. The second-order valence-electron chi connectivity index (χ2n) is 6.93. The highest BCUT2D eigenvalue weighted by atomic mass is 16.2. The normalized spacial score (nSPS) is 14.9. The molecule has 1 saturated heterocycles. The first-order valence-corrected chi connectivity index (χ1v) is 9.45. The number of carbonyl (C=O) groups is 1. The van der Waals surface area contributed by atoms with Gasteiger partial charge in [-0.3, -0.25) is 0 Å². The van der Waals surface area contributed by atoms with E-state index in [-0.39, 0.29) is 6.03 Å². The maximum atomic E-state index is 12.6. The standard InChI is InChI=1S/C22H24N4O/c27-22(25-13-10-19(11-14-25)18-6-2-1-3-7-18)24-16-20-8-4-5-9-21(20)26-15-12-23-17-26/h1-9,12,15,17,19H,10-11,13-14,16H2,(H,24,27). The van der Waals surface area contributed by atoms with Crippen molar-refractivity contribution in [2.75, 3.05) is 13.1 Å². The third-order valence-corrected chi connectivity index (χ3v) is 5.26. The molecule has 0 radical (unpaired) electrons. The molecule has 1 fully saturated rings. The van der Waals surface area contributed by atoms with Gasteiger partial charge in [-0.1, -0.05) is 48.5 Å². The van der Waals surface area contributed by atoms with Crippen LogP contribution in [-0.2, 0) is 6.54 Å². The summed E-state index contributed by atoms with van der Waals surface area (Å²) in [5, 5.41) is 3.08. The molecule has 0 saturated carbocycles. The number of nitrogens with zero attached hydrogens (tertiary/aromatic N) is 3. The van der Waals surface area contributed by atoms with Crippen LogP contribution in [0.5, 0.6) is 0 Å². The highest BCUT2D eigenvalue weighted by molar-refractivity contribution is 5.74. The third-order valence-electron chi connectivity index (χ3n) is 5.26. The molecule has 4 rings (SSSR count). The van der Waals surface area contributed by atoms with Crippen LogP contribution in [0, 0.1) is 0 Å². The van der Waals surface area contributed by atoms with Crippen molar-refractivity contribution in [3.8, 4) is 5.69 Å². The quantitative estimate of drug-likeness (QED) is 0.766. The van der Waals surface area contributed by atoms with Crippen LogP contribution in [0.2, 0.25) is 0 Å². The fourth-order valence-electron chi connectivity index (χ4n) is 3.74. The minimum Gasteiger partial charge on any atom is -0.334 e. The lowest BCUT2D eigenvalue weighted by Crippen LogP contribution is -2.43. The second-order valence-corrected chi connectivity index (χ2v) is 6.93. The van der Waals surface area contributed by atoms with Crippen molar-refractivity contribution in [2.24, 2.45) is 0 Å². The van der Waals surface area contributed by atoms with E-state index < -0.39 is 0 Å². The number of nitrogens with one attached hydrogen (secondary N) is 1. The summed E-state index contributed by atoms with van der Waals surface area (Å²) in [5.74, 6) is 0.553. The van der Waals surface area contributed by atoms with Gasteiger partial charge in [-0.2, -0.15) is 0 Å². The number of carbonyl (C=O) groups excluding carboxylic acids is 1. The molecule has 27 heavy (non-hydrogen) atoms. The number of imidazole rings is 1. The number of piperidine rings is 1. The minimum atomic E-state index is 0.0157. The molecule has 1 aromatic heterocycles. The van der Waals surface area contributed by atoms with E-state index in [0.29, 0.717) is 12.5 Å². The molecule has 5 nitrogen and oxygen atoms in total. The third kappa shape index (κ3) is 4.03. The maximum Gasteiger partial charge on any atom is 0.317 e. The molecule has 1 aliphatic rings. The molecule has 0 bridgehead atoms. The first-order valence-electron chi connectivity index (χ1n) is 9.45. The van der Waals surface area contributed by atoms with E-state index in [1.807, 2.05) is 46.0 Å². The van der Waals surface area contributed by atoms with E-state index in [2.05, 4.69) is 34.6 Å². The van der Waals surface area contributed by atoms with Crippen LogP contribution in [0.3, 0.4) is 0 Å². The summed E-state index contributed by atoms with van der Waals surface area (Å²) in [7, 11) is 0. The van der Waals surface area contributed by atoms with Gasteiger partial charge in [0.05, 0.1) is 12.0 Å². The van der Waals surface area contributed by atoms with E-state index >= 15 is 0 Å². The molecule has 0 unspecified atom stereocenters. The summed E-state index contributed by atoms with van der Waals surface area (Å²) in [6, 6.07) is 18.7. The Balaban J connectivity index is 1.33. The van der Waals surface area contributed by atoms with E-state index in [1.54, 1.807) is 12.5 Å². The van der Waals surface area contributed by atoms with Crippen LogP contribution in [0.25, 0.3) is 5.69 Å². The molecule has 2 amide bonds. The topological polar surface area (TPSA) is 50.2 Å². The Bertz CT molecular complexity index is 868. The van der Waals surface area contributed by atoms with Crippen molar-refractivity contribution < 1.29 is 4.79 Å². The maximum absolute atomic E-state index is 12.6. The monoisotopic (exact) mass is 360 g/mol. The molecule has 3 aromatic rings. The number of amides is 2. The molecule has 1 aliphatic heterocycles. The summed E-state index contributed by atoms with van der Waals surface area (Å²) >= 11 is 0. The zero-order valence-electron chi connectivity index (χ0n) is 15.3. The van der Waals surface area contributed by atoms with Crippen LogP contribution in [0.1, 0.15) is 29.9 Å². The number of benzene rings is 2. The summed E-state index contributed by atoms with van der Waals surface area (Å²) in [5.41, 5.74) is 3.49. The average Bonchev–Trinajstić information content (AvgIpc) is 3.28. The number of likely N-dealkylation sites (tertiary alicyclic amines) is 1. The van der Waals surface area contributed by atoms with Crippen molar-refractivity contribution in [1.29, 1.82) is 0 Å². The van der Waals surface area contributed by atoms with Gasteiger partial charge in [0.15, 0.2) is 0 Å². The molecule has 2 heterocycles. The number of rotatable bonds is 4. The second kappa shape index (κ2) is 8.08. The van der Waals surface area contributed by atoms with E-state index in [1.165, 1.54) is 5.56 Å². The van der Waals surface area contributed by atoms with Crippen LogP contribution >= 0.6 is 0 Å². The van der Waals surface area contributed by atoms with Crippen LogP contribution < -0.4 is 5.32 Å². The molecule has 0 atom stereocenters. The van der Waals surface area contributed by atoms with Crippen molar-refractivity contribution in [3.63, 3.8) is 0 Å². The minimum absolute atomic E-state index is 0.0157. The van der Waals surface area contributed by atoms with Gasteiger partial charge in [-0.25, -0.2) is 9.78 Å². The van der Waals surface area contributed by atoms with Crippen LogP contribution in [-0.4, -0.2) is 33.6 Å². The lowest BCUT2D eigenvalue weighted by molar-refractivity contribution is 0.181.